The molecular weight excluding hydrogens is 456 g/mol. The van der Waals surface area contributed by atoms with Gasteiger partial charge >= 0.3 is 5.97 Å². The lowest BCUT2D eigenvalue weighted by Crippen LogP contribution is -2.17. The van der Waals surface area contributed by atoms with Crippen LogP contribution in [0, 0.1) is 0 Å². The normalized spacial score (nSPS) is 12.3. The molecule has 0 aliphatic rings. The van der Waals surface area contributed by atoms with Gasteiger partial charge in [-0.1, -0.05) is 129 Å². The topological polar surface area (TPSA) is 43.4 Å². The van der Waals surface area contributed by atoms with Gasteiger partial charge < -0.3 is 4.74 Å². The summed E-state index contributed by atoms with van der Waals surface area (Å²) in [6.45, 7) is 6.52. The first kappa shape index (κ1) is 35.9. The van der Waals surface area contributed by atoms with Crippen LogP contribution in [0.1, 0.15) is 188 Å². The average molecular weight is 521 g/mol. The lowest BCUT2D eigenvalue weighted by atomic mass is 10.0. The fraction of sp³-hybridized carbons (Fsp3) is 0.882. The zero-order valence-electron chi connectivity index (χ0n) is 25.3. The second kappa shape index (κ2) is 29.4. The third-order valence-electron chi connectivity index (χ3n) is 7.33. The number of hydrogen-bond donors (Lipinski definition) is 0. The van der Waals surface area contributed by atoms with Gasteiger partial charge in [-0.25, -0.2) is 0 Å². The second-order valence-corrected chi connectivity index (χ2v) is 11.2. The maximum atomic E-state index is 12.1. The minimum atomic E-state index is -0.0432. The third-order valence-corrected chi connectivity index (χ3v) is 7.33. The third kappa shape index (κ3) is 27.7. The van der Waals surface area contributed by atoms with Crippen LogP contribution in [0.4, 0.5) is 0 Å². The van der Waals surface area contributed by atoms with Crippen LogP contribution < -0.4 is 0 Å². The summed E-state index contributed by atoms with van der Waals surface area (Å²) in [4.78, 5) is 24.0. The van der Waals surface area contributed by atoms with E-state index < -0.39 is 0 Å². The molecule has 0 unspecified atom stereocenters. The minimum Gasteiger partial charge on any atom is -0.462 e. The molecule has 0 amide bonds. The Kier molecular flexibility index (Phi) is 28.5. The maximum absolute atomic E-state index is 12.1. The van der Waals surface area contributed by atoms with Gasteiger partial charge in [0.05, 0.1) is 0 Å². The predicted octanol–water partition coefficient (Wildman–Crippen LogP) is 11.2. The Hall–Kier alpha value is -1.12. The van der Waals surface area contributed by atoms with Crippen molar-refractivity contribution in [2.24, 2.45) is 0 Å². The summed E-state index contributed by atoms with van der Waals surface area (Å²) in [5.74, 6) is 0.435. The summed E-state index contributed by atoms with van der Waals surface area (Å²) in [7, 11) is 0. The summed E-state index contributed by atoms with van der Waals surface area (Å²) in [5, 5.41) is 0. The maximum Gasteiger partial charge on any atom is 0.306 e. The van der Waals surface area contributed by atoms with Crippen LogP contribution in [0.2, 0.25) is 0 Å². The molecule has 0 saturated heterocycles. The molecule has 0 heterocycles. The van der Waals surface area contributed by atoms with Crippen LogP contribution in [0.3, 0.4) is 0 Å². The Bertz CT molecular complexity index is 525. The smallest absolute Gasteiger partial charge is 0.306 e. The molecule has 0 aliphatic carbocycles. The number of carbonyl (C=O) groups excluding carboxylic acids is 2. The van der Waals surface area contributed by atoms with Gasteiger partial charge in [-0.15, -0.1) is 0 Å². The molecule has 0 fully saturated rings. The summed E-state index contributed by atoms with van der Waals surface area (Å²) < 4.78 is 5.71. The van der Waals surface area contributed by atoms with Gasteiger partial charge in [-0.05, 0) is 44.9 Å². The summed E-state index contributed by atoms with van der Waals surface area (Å²) in [6.07, 6.45) is 34.5. The number of unbranched alkanes of at least 4 members (excludes halogenated alkanes) is 17. The van der Waals surface area contributed by atoms with Gasteiger partial charge in [0.25, 0.3) is 0 Å². The zero-order valence-corrected chi connectivity index (χ0v) is 25.3. The molecule has 0 aliphatic heterocycles. The van der Waals surface area contributed by atoms with Gasteiger partial charge in [-0.3, -0.25) is 9.59 Å². The predicted molar refractivity (Wildman–Crippen MR) is 161 cm³/mol. The van der Waals surface area contributed by atoms with Crippen molar-refractivity contribution in [3.63, 3.8) is 0 Å². The molecule has 0 aromatic rings. The SMILES string of the molecule is CCCCCCCCCCCCC(=O)CCCCCCCC=CC[C@@H](CCCCCC)OC(=O)CCC. The van der Waals surface area contributed by atoms with E-state index in [2.05, 4.69) is 26.0 Å². The standard InChI is InChI=1S/C34H64O3/c1-4-7-9-11-12-13-14-17-20-23-28-32(35)29-24-21-18-15-16-19-22-26-31-33(30-25-10-8-5-2)37-34(36)27-6-3/h22,26,33H,4-21,23-25,27-31H2,1-3H3/t33-/m1/s1. The van der Waals surface area contributed by atoms with E-state index in [4.69, 9.17) is 4.74 Å². The average Bonchev–Trinajstić information content (AvgIpc) is 2.88. The molecule has 0 radical (unpaired) electrons. The Morgan fingerprint density at radius 3 is 1.57 bits per heavy atom. The van der Waals surface area contributed by atoms with E-state index in [0.29, 0.717) is 12.2 Å². The van der Waals surface area contributed by atoms with Crippen LogP contribution in [0.25, 0.3) is 0 Å². The lowest BCUT2D eigenvalue weighted by molar-refractivity contribution is -0.149. The Morgan fingerprint density at radius 1 is 0.541 bits per heavy atom. The molecule has 1 atom stereocenters. The van der Waals surface area contributed by atoms with Gasteiger partial charge in [-0.2, -0.15) is 0 Å². The highest BCUT2D eigenvalue weighted by Gasteiger charge is 2.12. The molecule has 3 heteroatoms. The van der Waals surface area contributed by atoms with Crippen LogP contribution in [0.5, 0.6) is 0 Å². The van der Waals surface area contributed by atoms with E-state index in [1.165, 1.54) is 103 Å². The van der Waals surface area contributed by atoms with Crippen molar-refractivity contribution in [2.75, 3.05) is 0 Å². The Balaban J connectivity index is 3.64. The summed E-state index contributed by atoms with van der Waals surface area (Å²) >= 11 is 0. The van der Waals surface area contributed by atoms with Gasteiger partial charge in [0.15, 0.2) is 0 Å². The van der Waals surface area contributed by atoms with Crippen molar-refractivity contribution >= 4 is 11.8 Å². The molecule has 37 heavy (non-hydrogen) atoms. The number of hydrogen-bond acceptors (Lipinski definition) is 3. The molecule has 3 nitrogen and oxygen atoms in total. The van der Waals surface area contributed by atoms with E-state index in [9.17, 15) is 9.59 Å². The lowest BCUT2D eigenvalue weighted by Gasteiger charge is -2.16. The van der Waals surface area contributed by atoms with E-state index in [1.54, 1.807) is 0 Å². The zero-order chi connectivity index (χ0) is 27.2. The van der Waals surface area contributed by atoms with Crippen LogP contribution >= 0.6 is 0 Å². The molecule has 0 N–H and O–H groups in total. The molecule has 0 saturated carbocycles. The van der Waals surface area contributed by atoms with Crippen molar-refractivity contribution in [1.82, 2.24) is 0 Å². The quantitative estimate of drug-likeness (QED) is 0.0559. The molecule has 218 valence electrons. The van der Waals surface area contributed by atoms with Gasteiger partial charge in [0, 0.05) is 25.7 Å². The van der Waals surface area contributed by atoms with Crippen molar-refractivity contribution in [3.8, 4) is 0 Å². The largest absolute Gasteiger partial charge is 0.462 e. The number of rotatable bonds is 29. The Morgan fingerprint density at radius 2 is 1.03 bits per heavy atom. The van der Waals surface area contributed by atoms with E-state index in [-0.39, 0.29) is 12.1 Å². The fourth-order valence-corrected chi connectivity index (χ4v) is 4.89. The first-order valence-corrected chi connectivity index (χ1v) is 16.5. The van der Waals surface area contributed by atoms with Crippen molar-refractivity contribution in [3.05, 3.63) is 12.2 Å². The number of ether oxygens (including phenoxy) is 1. The van der Waals surface area contributed by atoms with Crippen LogP contribution in [-0.2, 0) is 14.3 Å². The van der Waals surface area contributed by atoms with Crippen LogP contribution in [0.15, 0.2) is 12.2 Å². The van der Waals surface area contributed by atoms with Crippen molar-refractivity contribution in [1.29, 1.82) is 0 Å². The first-order chi connectivity index (χ1) is 18.1. The van der Waals surface area contributed by atoms with Gasteiger partial charge in [0.2, 0.25) is 0 Å². The van der Waals surface area contributed by atoms with Crippen molar-refractivity contribution < 1.29 is 14.3 Å². The molecule has 0 bridgehead atoms. The molecule has 0 aromatic heterocycles. The number of carbonyl (C=O) groups is 2. The Labute approximate surface area is 232 Å². The minimum absolute atomic E-state index is 0.0432. The number of esters is 1. The highest BCUT2D eigenvalue weighted by molar-refractivity contribution is 5.78. The highest BCUT2D eigenvalue weighted by Crippen LogP contribution is 2.15. The number of Topliss-reactive ketones (excluding diaryl/α,β-unsaturated/α-hetero) is 1. The molecule has 0 spiro atoms. The van der Waals surface area contributed by atoms with Crippen LogP contribution in [-0.4, -0.2) is 17.9 Å². The van der Waals surface area contributed by atoms with E-state index >= 15 is 0 Å². The number of ketones is 1. The second-order valence-electron chi connectivity index (χ2n) is 11.2. The summed E-state index contributed by atoms with van der Waals surface area (Å²) in [5.41, 5.74) is 0. The van der Waals surface area contributed by atoms with Gasteiger partial charge in [0.1, 0.15) is 11.9 Å². The monoisotopic (exact) mass is 520 g/mol. The van der Waals surface area contributed by atoms with E-state index in [1.807, 2.05) is 6.92 Å². The van der Waals surface area contributed by atoms with Crippen molar-refractivity contribution in [2.45, 2.75) is 194 Å². The molecule has 0 aromatic carbocycles. The first-order valence-electron chi connectivity index (χ1n) is 16.5. The van der Waals surface area contributed by atoms with E-state index in [0.717, 1.165) is 57.8 Å². The highest BCUT2D eigenvalue weighted by atomic mass is 16.5. The summed E-state index contributed by atoms with van der Waals surface area (Å²) in [6, 6.07) is 0. The molecular formula is C34H64O3. The fourth-order valence-electron chi connectivity index (χ4n) is 4.89. The molecule has 0 rings (SSSR count). The number of allylic oxidation sites excluding steroid dienone is 1.